The van der Waals surface area contributed by atoms with E-state index in [-0.39, 0.29) is 0 Å². The second-order valence-corrected chi connectivity index (χ2v) is 4.58. The second-order valence-electron chi connectivity index (χ2n) is 4.58. The quantitative estimate of drug-likeness (QED) is 0.728. The standard InChI is InChI=1S/C11H21N3O/c1-11(13,9-12)5-3-6-14-7-4-10(8-14)15-2/h10H,3-8,13H2,1-2H3. The number of methoxy groups -OCH3 is 1. The summed E-state index contributed by atoms with van der Waals surface area (Å²) < 4.78 is 5.29. The van der Waals surface area contributed by atoms with Crippen LogP contribution >= 0.6 is 0 Å². The van der Waals surface area contributed by atoms with Crippen LogP contribution in [0.1, 0.15) is 26.2 Å². The first kappa shape index (κ1) is 12.4. The highest BCUT2D eigenvalue weighted by Crippen LogP contribution is 2.14. The van der Waals surface area contributed by atoms with Gasteiger partial charge in [-0.15, -0.1) is 0 Å². The minimum atomic E-state index is -0.666. The lowest BCUT2D eigenvalue weighted by Gasteiger charge is -2.19. The van der Waals surface area contributed by atoms with Crippen LogP contribution in [-0.4, -0.2) is 43.3 Å². The zero-order valence-corrected chi connectivity index (χ0v) is 9.70. The monoisotopic (exact) mass is 211 g/mol. The largest absolute Gasteiger partial charge is 0.380 e. The molecule has 0 spiro atoms. The Balaban J connectivity index is 2.14. The molecular formula is C11H21N3O. The van der Waals surface area contributed by atoms with Gasteiger partial charge in [0.1, 0.15) is 5.54 Å². The van der Waals surface area contributed by atoms with Crippen LogP contribution < -0.4 is 5.73 Å². The van der Waals surface area contributed by atoms with Gasteiger partial charge in [0.15, 0.2) is 0 Å². The molecule has 0 aromatic carbocycles. The number of nitriles is 1. The van der Waals surface area contributed by atoms with Crippen molar-refractivity contribution in [1.29, 1.82) is 5.26 Å². The van der Waals surface area contributed by atoms with Gasteiger partial charge in [-0.3, -0.25) is 0 Å². The SMILES string of the molecule is COC1CCN(CCCC(C)(N)C#N)C1. The van der Waals surface area contributed by atoms with E-state index >= 15 is 0 Å². The number of nitrogens with two attached hydrogens (primary N) is 1. The minimum Gasteiger partial charge on any atom is -0.380 e. The van der Waals surface area contributed by atoms with Crippen LogP contribution in [0.15, 0.2) is 0 Å². The van der Waals surface area contributed by atoms with Gasteiger partial charge in [0.05, 0.1) is 12.2 Å². The van der Waals surface area contributed by atoms with Crippen molar-refractivity contribution in [2.24, 2.45) is 5.73 Å². The Bertz CT molecular complexity index is 234. The van der Waals surface area contributed by atoms with E-state index < -0.39 is 5.54 Å². The molecule has 1 saturated heterocycles. The van der Waals surface area contributed by atoms with Crippen molar-refractivity contribution in [3.63, 3.8) is 0 Å². The van der Waals surface area contributed by atoms with E-state index in [1.807, 2.05) is 0 Å². The van der Waals surface area contributed by atoms with E-state index in [1.54, 1.807) is 14.0 Å². The first-order chi connectivity index (χ1) is 7.07. The molecule has 2 atom stereocenters. The topological polar surface area (TPSA) is 62.3 Å². The highest BCUT2D eigenvalue weighted by Gasteiger charge is 2.22. The number of likely N-dealkylation sites (tertiary alicyclic amines) is 1. The molecule has 4 heteroatoms. The number of hydrogen-bond donors (Lipinski definition) is 1. The molecule has 1 aliphatic rings. The fraction of sp³-hybridized carbons (Fsp3) is 0.909. The van der Waals surface area contributed by atoms with E-state index in [1.165, 1.54) is 0 Å². The summed E-state index contributed by atoms with van der Waals surface area (Å²) in [5.41, 5.74) is 5.08. The lowest BCUT2D eigenvalue weighted by molar-refractivity contribution is 0.108. The third-order valence-electron chi connectivity index (χ3n) is 2.99. The lowest BCUT2D eigenvalue weighted by atomic mass is 9.99. The summed E-state index contributed by atoms with van der Waals surface area (Å²) in [6.45, 7) is 4.93. The third kappa shape index (κ3) is 4.17. The van der Waals surface area contributed by atoms with Crippen molar-refractivity contribution in [3.05, 3.63) is 0 Å². The van der Waals surface area contributed by atoms with Crippen molar-refractivity contribution in [2.45, 2.75) is 37.8 Å². The van der Waals surface area contributed by atoms with Gasteiger partial charge in [-0.2, -0.15) is 5.26 Å². The maximum absolute atomic E-state index is 8.76. The van der Waals surface area contributed by atoms with E-state index in [0.29, 0.717) is 6.10 Å². The molecular weight excluding hydrogens is 190 g/mol. The van der Waals surface area contributed by atoms with Crippen LogP contribution in [-0.2, 0) is 4.74 Å². The van der Waals surface area contributed by atoms with Gasteiger partial charge in [0.2, 0.25) is 0 Å². The summed E-state index contributed by atoms with van der Waals surface area (Å²) in [5.74, 6) is 0. The molecule has 0 saturated carbocycles. The fourth-order valence-corrected chi connectivity index (χ4v) is 1.92. The summed E-state index contributed by atoms with van der Waals surface area (Å²) in [4.78, 5) is 2.38. The lowest BCUT2D eigenvalue weighted by Crippen LogP contribution is -2.35. The van der Waals surface area contributed by atoms with Crippen LogP contribution in [0.3, 0.4) is 0 Å². The van der Waals surface area contributed by atoms with Crippen LogP contribution in [0.4, 0.5) is 0 Å². The predicted octanol–water partition coefficient (Wildman–Crippen LogP) is 0.728. The maximum Gasteiger partial charge on any atom is 0.101 e. The Labute approximate surface area is 92.0 Å². The molecule has 15 heavy (non-hydrogen) atoms. The van der Waals surface area contributed by atoms with Gasteiger partial charge >= 0.3 is 0 Å². The number of nitrogens with zero attached hydrogens (tertiary/aromatic N) is 2. The summed E-state index contributed by atoms with van der Waals surface area (Å²) >= 11 is 0. The third-order valence-corrected chi connectivity index (χ3v) is 2.99. The zero-order valence-electron chi connectivity index (χ0n) is 9.70. The Morgan fingerprint density at radius 3 is 2.93 bits per heavy atom. The van der Waals surface area contributed by atoms with Crippen LogP contribution in [0.25, 0.3) is 0 Å². The van der Waals surface area contributed by atoms with Crippen molar-refractivity contribution < 1.29 is 4.74 Å². The molecule has 0 aromatic heterocycles. The van der Waals surface area contributed by atoms with Gasteiger partial charge in [-0.25, -0.2) is 0 Å². The van der Waals surface area contributed by atoms with Gasteiger partial charge < -0.3 is 15.4 Å². The van der Waals surface area contributed by atoms with Gasteiger partial charge in [0.25, 0.3) is 0 Å². The average molecular weight is 211 g/mol. The first-order valence-corrected chi connectivity index (χ1v) is 5.52. The molecule has 0 radical (unpaired) electrons. The molecule has 0 aliphatic carbocycles. The molecule has 1 rings (SSSR count). The van der Waals surface area contributed by atoms with Crippen LogP contribution in [0.5, 0.6) is 0 Å². The van der Waals surface area contributed by atoms with E-state index in [4.69, 9.17) is 15.7 Å². The van der Waals surface area contributed by atoms with Crippen LogP contribution in [0.2, 0.25) is 0 Å². The molecule has 2 N–H and O–H groups in total. The second kappa shape index (κ2) is 5.45. The maximum atomic E-state index is 8.76. The Hall–Kier alpha value is -0.630. The fourth-order valence-electron chi connectivity index (χ4n) is 1.92. The molecule has 1 fully saturated rings. The smallest absolute Gasteiger partial charge is 0.101 e. The Morgan fingerprint density at radius 1 is 1.67 bits per heavy atom. The molecule has 0 amide bonds. The number of rotatable bonds is 5. The Morgan fingerprint density at radius 2 is 2.40 bits per heavy atom. The number of hydrogen-bond acceptors (Lipinski definition) is 4. The normalized spacial score (nSPS) is 26.1. The molecule has 1 heterocycles. The summed E-state index contributed by atoms with van der Waals surface area (Å²) in [5, 5.41) is 8.76. The van der Waals surface area contributed by atoms with Crippen molar-refractivity contribution in [3.8, 4) is 6.07 Å². The predicted molar refractivity (Wildman–Crippen MR) is 59.3 cm³/mol. The number of ether oxygens (including phenoxy) is 1. The zero-order chi connectivity index (χ0) is 11.3. The summed E-state index contributed by atoms with van der Waals surface area (Å²) in [6.07, 6.45) is 3.26. The van der Waals surface area contributed by atoms with Crippen molar-refractivity contribution >= 4 is 0 Å². The van der Waals surface area contributed by atoms with Gasteiger partial charge in [-0.1, -0.05) is 0 Å². The van der Waals surface area contributed by atoms with Gasteiger partial charge in [-0.05, 0) is 32.7 Å². The molecule has 1 aliphatic heterocycles. The summed E-state index contributed by atoms with van der Waals surface area (Å²) in [6, 6.07) is 2.12. The molecule has 2 unspecified atom stereocenters. The van der Waals surface area contributed by atoms with E-state index in [0.717, 1.165) is 38.9 Å². The van der Waals surface area contributed by atoms with Crippen LogP contribution in [0, 0.1) is 11.3 Å². The highest BCUT2D eigenvalue weighted by atomic mass is 16.5. The molecule has 0 aromatic rings. The minimum absolute atomic E-state index is 0.394. The summed E-state index contributed by atoms with van der Waals surface area (Å²) in [7, 11) is 1.76. The molecule has 0 bridgehead atoms. The molecule has 86 valence electrons. The first-order valence-electron chi connectivity index (χ1n) is 5.52. The van der Waals surface area contributed by atoms with Gasteiger partial charge in [0, 0.05) is 20.2 Å². The van der Waals surface area contributed by atoms with Crippen molar-refractivity contribution in [1.82, 2.24) is 4.90 Å². The Kier molecular flexibility index (Phi) is 4.52. The van der Waals surface area contributed by atoms with E-state index in [2.05, 4.69) is 11.0 Å². The highest BCUT2D eigenvalue weighted by molar-refractivity contribution is 5.00. The van der Waals surface area contributed by atoms with Crippen molar-refractivity contribution in [2.75, 3.05) is 26.7 Å². The van der Waals surface area contributed by atoms with E-state index in [9.17, 15) is 0 Å². The molecule has 4 nitrogen and oxygen atoms in total. The average Bonchev–Trinajstić information content (AvgIpc) is 2.66.